The number of methoxy groups -OCH3 is 2. The van der Waals surface area contributed by atoms with Gasteiger partial charge in [0, 0.05) is 0 Å². The lowest BCUT2D eigenvalue weighted by Gasteiger charge is -2.14. The van der Waals surface area contributed by atoms with Crippen molar-refractivity contribution in [1.82, 2.24) is 0 Å². The van der Waals surface area contributed by atoms with Crippen LogP contribution in [0.5, 0.6) is 17.2 Å². The molecule has 1 unspecified atom stereocenters. The van der Waals surface area contributed by atoms with Crippen LogP contribution in [-0.2, 0) is 4.79 Å². The zero-order valence-electron chi connectivity index (χ0n) is 10.2. The Kier molecular flexibility index (Phi) is 4.63. The van der Waals surface area contributed by atoms with Crippen molar-refractivity contribution in [3.05, 3.63) is 18.2 Å². The summed E-state index contributed by atoms with van der Waals surface area (Å²) < 4.78 is 15.8. The van der Waals surface area contributed by atoms with Crippen LogP contribution in [0, 0.1) is 5.92 Å². The lowest BCUT2D eigenvalue weighted by atomic mass is 10.2. The monoisotopic (exact) mass is 239 g/mol. The summed E-state index contributed by atoms with van der Waals surface area (Å²) in [5, 5.41) is 0. The Labute approximate surface area is 100 Å². The molecule has 0 fully saturated rings. The quantitative estimate of drug-likeness (QED) is 0.809. The number of ether oxygens (including phenoxy) is 3. The Morgan fingerprint density at radius 2 is 1.94 bits per heavy atom. The number of carbonyl (C=O) groups excluding carboxylic acids is 1. The summed E-state index contributed by atoms with van der Waals surface area (Å²) in [7, 11) is 3.08. The maximum absolute atomic E-state index is 10.9. The van der Waals surface area contributed by atoms with E-state index < -0.39 is 5.91 Å². The number of benzene rings is 1. The van der Waals surface area contributed by atoms with E-state index in [4.69, 9.17) is 19.9 Å². The third kappa shape index (κ3) is 3.27. The number of rotatable bonds is 6. The number of hydrogen-bond donors (Lipinski definition) is 1. The highest BCUT2D eigenvalue weighted by molar-refractivity contribution is 5.76. The average molecular weight is 239 g/mol. The molecule has 0 radical (unpaired) electrons. The number of carbonyl (C=O) groups is 1. The summed E-state index contributed by atoms with van der Waals surface area (Å²) in [6.45, 7) is 1.91. The molecule has 0 aromatic heterocycles. The predicted octanol–water partition coefficient (Wildman–Crippen LogP) is 1.20. The molecule has 94 valence electrons. The fourth-order valence-corrected chi connectivity index (χ4v) is 1.27. The fourth-order valence-electron chi connectivity index (χ4n) is 1.27. The number of para-hydroxylation sites is 1. The number of nitrogens with two attached hydrogens (primary N) is 1. The lowest BCUT2D eigenvalue weighted by Crippen LogP contribution is -2.25. The number of amides is 1. The molecule has 0 saturated carbocycles. The van der Waals surface area contributed by atoms with Crippen LogP contribution >= 0.6 is 0 Å². The summed E-state index contributed by atoms with van der Waals surface area (Å²) in [6.07, 6.45) is 0. The van der Waals surface area contributed by atoms with Crippen molar-refractivity contribution in [3.63, 3.8) is 0 Å². The highest BCUT2D eigenvalue weighted by atomic mass is 16.5. The standard InChI is InChI=1S/C12H17NO4/c1-8(12(13)14)7-17-10-6-4-5-9(15-2)11(10)16-3/h4-6,8H,7H2,1-3H3,(H2,13,14). The molecule has 0 aliphatic rings. The second kappa shape index (κ2) is 5.98. The lowest BCUT2D eigenvalue weighted by molar-refractivity contribution is -0.122. The van der Waals surface area contributed by atoms with Gasteiger partial charge < -0.3 is 19.9 Å². The van der Waals surface area contributed by atoms with Gasteiger partial charge in [-0.2, -0.15) is 0 Å². The first-order valence-corrected chi connectivity index (χ1v) is 5.23. The molecule has 1 atom stereocenters. The Bertz CT molecular complexity index is 392. The Morgan fingerprint density at radius 1 is 1.29 bits per heavy atom. The maximum Gasteiger partial charge on any atom is 0.223 e. The van der Waals surface area contributed by atoms with Gasteiger partial charge in [0.05, 0.1) is 26.7 Å². The SMILES string of the molecule is COc1cccc(OCC(C)C(N)=O)c1OC. The maximum atomic E-state index is 10.9. The minimum Gasteiger partial charge on any atom is -0.493 e. The van der Waals surface area contributed by atoms with Crippen LogP contribution in [0.25, 0.3) is 0 Å². The van der Waals surface area contributed by atoms with Gasteiger partial charge in [-0.1, -0.05) is 13.0 Å². The molecule has 0 aliphatic heterocycles. The van der Waals surface area contributed by atoms with E-state index in [0.717, 1.165) is 0 Å². The van der Waals surface area contributed by atoms with E-state index in [1.54, 1.807) is 32.2 Å². The predicted molar refractivity (Wildman–Crippen MR) is 63.4 cm³/mol. The van der Waals surface area contributed by atoms with E-state index in [1.165, 1.54) is 7.11 Å². The first kappa shape index (κ1) is 13.2. The zero-order chi connectivity index (χ0) is 12.8. The topological polar surface area (TPSA) is 70.8 Å². The molecular weight excluding hydrogens is 222 g/mol. The van der Waals surface area contributed by atoms with Gasteiger partial charge in [-0.25, -0.2) is 0 Å². The second-order valence-electron chi connectivity index (χ2n) is 3.61. The van der Waals surface area contributed by atoms with E-state index in [1.807, 2.05) is 0 Å². The van der Waals surface area contributed by atoms with Crippen LogP contribution in [0.15, 0.2) is 18.2 Å². The molecule has 1 aromatic carbocycles. The minimum absolute atomic E-state index is 0.207. The highest BCUT2D eigenvalue weighted by Crippen LogP contribution is 2.36. The average Bonchev–Trinajstić information content (AvgIpc) is 2.34. The van der Waals surface area contributed by atoms with Gasteiger partial charge in [-0.15, -0.1) is 0 Å². The highest BCUT2D eigenvalue weighted by Gasteiger charge is 2.14. The third-order valence-electron chi connectivity index (χ3n) is 2.34. The molecule has 1 aromatic rings. The van der Waals surface area contributed by atoms with Gasteiger partial charge in [0.1, 0.15) is 0 Å². The van der Waals surface area contributed by atoms with Crippen LogP contribution in [0.1, 0.15) is 6.92 Å². The summed E-state index contributed by atoms with van der Waals surface area (Å²) in [4.78, 5) is 10.9. The molecule has 0 heterocycles. The van der Waals surface area contributed by atoms with Crippen molar-refractivity contribution in [1.29, 1.82) is 0 Å². The molecule has 0 aliphatic carbocycles. The van der Waals surface area contributed by atoms with Crippen molar-refractivity contribution in [2.24, 2.45) is 11.7 Å². The second-order valence-corrected chi connectivity index (χ2v) is 3.61. The largest absolute Gasteiger partial charge is 0.493 e. The molecule has 2 N–H and O–H groups in total. The van der Waals surface area contributed by atoms with Crippen LogP contribution < -0.4 is 19.9 Å². The Morgan fingerprint density at radius 3 is 2.47 bits per heavy atom. The van der Waals surface area contributed by atoms with Crippen molar-refractivity contribution in [2.45, 2.75) is 6.92 Å². The summed E-state index contributed by atoms with van der Waals surface area (Å²) in [5.41, 5.74) is 5.15. The van der Waals surface area contributed by atoms with Crippen LogP contribution in [0.2, 0.25) is 0 Å². The van der Waals surface area contributed by atoms with E-state index in [9.17, 15) is 4.79 Å². The van der Waals surface area contributed by atoms with Gasteiger partial charge >= 0.3 is 0 Å². The zero-order valence-corrected chi connectivity index (χ0v) is 10.2. The van der Waals surface area contributed by atoms with E-state index in [-0.39, 0.29) is 12.5 Å². The van der Waals surface area contributed by atoms with Gasteiger partial charge in [0.2, 0.25) is 11.7 Å². The smallest absolute Gasteiger partial charge is 0.223 e. The molecule has 0 saturated heterocycles. The van der Waals surface area contributed by atoms with Gasteiger partial charge in [0.25, 0.3) is 0 Å². The summed E-state index contributed by atoms with van der Waals surface area (Å²) >= 11 is 0. The molecule has 0 spiro atoms. The third-order valence-corrected chi connectivity index (χ3v) is 2.34. The van der Waals surface area contributed by atoms with Crippen LogP contribution in [0.3, 0.4) is 0 Å². The van der Waals surface area contributed by atoms with E-state index in [2.05, 4.69) is 0 Å². The molecule has 1 rings (SSSR count). The van der Waals surface area contributed by atoms with Gasteiger partial charge in [-0.05, 0) is 12.1 Å². The van der Waals surface area contributed by atoms with Crippen molar-refractivity contribution in [3.8, 4) is 17.2 Å². The fraction of sp³-hybridized carbons (Fsp3) is 0.417. The first-order valence-electron chi connectivity index (χ1n) is 5.23. The number of primary amides is 1. The molecule has 1 amide bonds. The molecule has 17 heavy (non-hydrogen) atoms. The van der Waals surface area contributed by atoms with Crippen molar-refractivity contribution in [2.75, 3.05) is 20.8 Å². The summed E-state index contributed by atoms with van der Waals surface area (Å²) in [6, 6.07) is 5.30. The van der Waals surface area contributed by atoms with E-state index in [0.29, 0.717) is 17.2 Å². The van der Waals surface area contributed by atoms with E-state index >= 15 is 0 Å². The Balaban J connectivity index is 2.80. The van der Waals surface area contributed by atoms with Crippen molar-refractivity contribution < 1.29 is 19.0 Å². The number of hydrogen-bond acceptors (Lipinski definition) is 4. The Hall–Kier alpha value is -1.91. The first-order chi connectivity index (χ1) is 8.10. The molecule has 0 bridgehead atoms. The van der Waals surface area contributed by atoms with Crippen LogP contribution in [0.4, 0.5) is 0 Å². The molecule has 5 heteroatoms. The molecule has 5 nitrogen and oxygen atoms in total. The molecular formula is C12H17NO4. The van der Waals surface area contributed by atoms with Crippen LogP contribution in [-0.4, -0.2) is 26.7 Å². The normalized spacial score (nSPS) is 11.7. The van der Waals surface area contributed by atoms with Gasteiger partial charge in [-0.3, -0.25) is 4.79 Å². The summed E-state index contributed by atoms with van der Waals surface area (Å²) in [5.74, 6) is 0.862. The minimum atomic E-state index is -0.396. The van der Waals surface area contributed by atoms with Gasteiger partial charge in [0.15, 0.2) is 11.5 Å². The van der Waals surface area contributed by atoms with Crippen molar-refractivity contribution >= 4 is 5.91 Å².